The van der Waals surface area contributed by atoms with Crippen molar-refractivity contribution < 1.29 is 9.31 Å². The molecule has 0 N–H and O–H groups in total. The van der Waals surface area contributed by atoms with E-state index in [9.17, 15) is 0 Å². The molecule has 0 saturated carbocycles. The second-order valence-corrected chi connectivity index (χ2v) is 7.52. The molecule has 148 valence electrons. The van der Waals surface area contributed by atoms with Crippen molar-refractivity contribution in [3.05, 3.63) is 29.8 Å². The van der Waals surface area contributed by atoms with Gasteiger partial charge in [0, 0.05) is 13.2 Å². The molecule has 0 bridgehead atoms. The molecule has 0 atom stereocenters. The van der Waals surface area contributed by atoms with E-state index in [1.165, 1.54) is 69.8 Å². The maximum Gasteiger partial charge on any atom is 0.493 e. The van der Waals surface area contributed by atoms with Crippen molar-refractivity contribution in [1.29, 1.82) is 0 Å². The number of hydrogen-bond donors (Lipinski definition) is 0. The number of benzene rings is 1. The van der Waals surface area contributed by atoms with Crippen LogP contribution in [-0.4, -0.2) is 20.3 Å². The average Bonchev–Trinajstić information content (AvgIpc) is 2.65. The lowest BCUT2D eigenvalue weighted by Crippen LogP contribution is -2.37. The number of rotatable bonds is 17. The van der Waals surface area contributed by atoms with Gasteiger partial charge in [-0.3, -0.25) is 0 Å². The third-order valence-electron chi connectivity index (χ3n) is 4.88. The van der Waals surface area contributed by atoms with E-state index in [4.69, 9.17) is 9.31 Å². The zero-order valence-corrected chi connectivity index (χ0v) is 17.6. The van der Waals surface area contributed by atoms with Crippen molar-refractivity contribution in [3.8, 4) is 0 Å². The highest BCUT2D eigenvalue weighted by atomic mass is 16.6. The van der Waals surface area contributed by atoms with Crippen LogP contribution in [0.2, 0.25) is 0 Å². The van der Waals surface area contributed by atoms with Crippen molar-refractivity contribution in [2.75, 3.05) is 13.2 Å². The summed E-state index contributed by atoms with van der Waals surface area (Å²) in [6.07, 6.45) is 15.5. The molecule has 0 aliphatic heterocycles. The molecule has 1 aromatic rings. The lowest BCUT2D eigenvalue weighted by atomic mass is 9.78. The Bertz CT molecular complexity index is 401. The zero-order chi connectivity index (χ0) is 18.9. The molecule has 0 heterocycles. The van der Waals surface area contributed by atoms with E-state index in [2.05, 4.69) is 45.0 Å². The van der Waals surface area contributed by atoms with E-state index in [1.807, 2.05) is 0 Å². The van der Waals surface area contributed by atoms with Crippen LogP contribution in [0.25, 0.3) is 0 Å². The van der Waals surface area contributed by atoms with Gasteiger partial charge in [-0.2, -0.15) is 0 Å². The van der Waals surface area contributed by atoms with Gasteiger partial charge in [-0.05, 0) is 25.2 Å². The van der Waals surface area contributed by atoms with Gasteiger partial charge in [0.05, 0.1) is 0 Å². The molecule has 3 heteroatoms. The van der Waals surface area contributed by atoms with Gasteiger partial charge in [-0.1, -0.05) is 108 Å². The molecule has 0 aromatic heterocycles. The van der Waals surface area contributed by atoms with Gasteiger partial charge in [0.25, 0.3) is 0 Å². The predicted molar refractivity (Wildman–Crippen MR) is 115 cm³/mol. The highest BCUT2D eigenvalue weighted by molar-refractivity contribution is 6.61. The lowest BCUT2D eigenvalue weighted by Gasteiger charge is -2.15. The van der Waals surface area contributed by atoms with E-state index < -0.39 is 0 Å². The van der Waals surface area contributed by atoms with Crippen LogP contribution in [0.3, 0.4) is 0 Å². The van der Waals surface area contributed by atoms with Gasteiger partial charge in [0.2, 0.25) is 0 Å². The third kappa shape index (κ3) is 11.7. The van der Waals surface area contributed by atoms with Gasteiger partial charge in [-0.25, -0.2) is 0 Å². The summed E-state index contributed by atoms with van der Waals surface area (Å²) in [5.41, 5.74) is 2.42. The largest absolute Gasteiger partial charge is 0.493 e. The highest BCUT2D eigenvalue weighted by Crippen LogP contribution is 2.08. The van der Waals surface area contributed by atoms with Crippen LogP contribution in [0.15, 0.2) is 24.3 Å². The van der Waals surface area contributed by atoms with Crippen molar-refractivity contribution >= 4 is 12.6 Å². The molecule has 26 heavy (non-hydrogen) atoms. The minimum Gasteiger partial charge on any atom is -0.407 e. The number of hydrogen-bond acceptors (Lipinski definition) is 2. The molecule has 0 saturated heterocycles. The van der Waals surface area contributed by atoms with Gasteiger partial charge < -0.3 is 9.31 Å². The van der Waals surface area contributed by atoms with Crippen LogP contribution >= 0.6 is 0 Å². The molecule has 0 aliphatic rings. The molecule has 0 spiro atoms. The Labute approximate surface area is 163 Å². The Morgan fingerprint density at radius 3 is 1.50 bits per heavy atom. The second-order valence-electron chi connectivity index (χ2n) is 7.52. The van der Waals surface area contributed by atoms with E-state index >= 15 is 0 Å². The van der Waals surface area contributed by atoms with Crippen LogP contribution in [0, 0.1) is 6.92 Å². The quantitative estimate of drug-likeness (QED) is 0.235. The molecular weight excluding hydrogens is 319 g/mol. The minimum absolute atomic E-state index is 0.207. The summed E-state index contributed by atoms with van der Waals surface area (Å²) in [5.74, 6) is 0. The van der Waals surface area contributed by atoms with Crippen LogP contribution in [0.1, 0.15) is 96.5 Å². The summed E-state index contributed by atoms with van der Waals surface area (Å²) in [5, 5.41) is 0. The van der Waals surface area contributed by atoms with Crippen LogP contribution in [0.5, 0.6) is 0 Å². The normalized spacial score (nSPS) is 11.0. The Balaban J connectivity index is 2.29. The summed E-state index contributed by atoms with van der Waals surface area (Å²) < 4.78 is 12.2. The molecule has 0 aliphatic carbocycles. The first-order valence-corrected chi connectivity index (χ1v) is 11.1. The molecule has 0 radical (unpaired) electrons. The van der Waals surface area contributed by atoms with Crippen molar-refractivity contribution in [3.63, 3.8) is 0 Å². The fourth-order valence-electron chi connectivity index (χ4n) is 3.11. The van der Waals surface area contributed by atoms with Crippen LogP contribution < -0.4 is 5.46 Å². The first-order chi connectivity index (χ1) is 12.8. The number of unbranched alkanes of at least 4 members (excludes halogenated alkanes) is 10. The maximum absolute atomic E-state index is 6.10. The molecular formula is C23H41BO2. The van der Waals surface area contributed by atoms with Crippen LogP contribution in [-0.2, 0) is 9.31 Å². The van der Waals surface area contributed by atoms with Crippen molar-refractivity contribution in [2.24, 2.45) is 0 Å². The summed E-state index contributed by atoms with van der Waals surface area (Å²) in [6, 6.07) is 8.57. The fourth-order valence-corrected chi connectivity index (χ4v) is 3.11. The van der Waals surface area contributed by atoms with Crippen molar-refractivity contribution in [2.45, 2.75) is 97.8 Å². The number of aryl methyl sites for hydroxylation is 1. The summed E-state index contributed by atoms with van der Waals surface area (Å²) in [6.45, 7) is 8.22. The molecule has 0 fully saturated rings. The summed E-state index contributed by atoms with van der Waals surface area (Å²) in [4.78, 5) is 0. The SMILES string of the molecule is CCCCCCCCOB(OCCCCCCCC)c1ccc(C)cc1. The molecule has 1 rings (SSSR count). The smallest absolute Gasteiger partial charge is 0.407 e. The average molecular weight is 360 g/mol. The van der Waals surface area contributed by atoms with E-state index in [-0.39, 0.29) is 7.12 Å². The second kappa shape index (κ2) is 16.4. The molecule has 0 amide bonds. The molecule has 2 nitrogen and oxygen atoms in total. The first kappa shape index (κ1) is 23.2. The van der Waals surface area contributed by atoms with E-state index in [0.29, 0.717) is 0 Å². The van der Waals surface area contributed by atoms with Gasteiger partial charge in [-0.15, -0.1) is 0 Å². The monoisotopic (exact) mass is 360 g/mol. The van der Waals surface area contributed by atoms with Crippen LogP contribution in [0.4, 0.5) is 0 Å². The standard InChI is InChI=1S/C23H41BO2/c1-4-6-8-10-12-14-20-25-24(23-18-16-22(3)17-19-23)26-21-15-13-11-9-7-5-2/h16-19H,4-15,20-21H2,1-3H3. The molecule has 0 unspecified atom stereocenters. The molecule has 1 aromatic carbocycles. The highest BCUT2D eigenvalue weighted by Gasteiger charge is 2.20. The fraction of sp³-hybridized carbons (Fsp3) is 0.739. The van der Waals surface area contributed by atoms with Gasteiger partial charge >= 0.3 is 7.12 Å². The topological polar surface area (TPSA) is 18.5 Å². The van der Waals surface area contributed by atoms with Gasteiger partial charge in [0.15, 0.2) is 0 Å². The Morgan fingerprint density at radius 2 is 1.04 bits per heavy atom. The predicted octanol–water partition coefficient (Wildman–Crippen LogP) is 6.44. The maximum atomic E-state index is 6.10. The Morgan fingerprint density at radius 1 is 0.615 bits per heavy atom. The lowest BCUT2D eigenvalue weighted by molar-refractivity contribution is 0.199. The first-order valence-electron chi connectivity index (χ1n) is 11.1. The van der Waals surface area contributed by atoms with Gasteiger partial charge in [0.1, 0.15) is 0 Å². The Hall–Kier alpha value is -0.795. The zero-order valence-electron chi connectivity index (χ0n) is 17.6. The third-order valence-corrected chi connectivity index (χ3v) is 4.88. The van der Waals surface area contributed by atoms with Crippen molar-refractivity contribution in [1.82, 2.24) is 0 Å². The van der Waals surface area contributed by atoms with E-state index in [1.54, 1.807) is 0 Å². The van der Waals surface area contributed by atoms with E-state index in [0.717, 1.165) is 31.5 Å². The Kier molecular flexibility index (Phi) is 14.6. The minimum atomic E-state index is -0.207. The summed E-state index contributed by atoms with van der Waals surface area (Å²) in [7, 11) is -0.207. The summed E-state index contributed by atoms with van der Waals surface area (Å²) >= 11 is 0.